The maximum atomic E-state index is 5.64. The van der Waals surface area contributed by atoms with E-state index < -0.39 is 0 Å². The van der Waals surface area contributed by atoms with Crippen LogP contribution in [-0.2, 0) is 19.6 Å². The first-order chi connectivity index (χ1) is 16.1. The Hall–Kier alpha value is -2.43. The van der Waals surface area contributed by atoms with Crippen molar-refractivity contribution in [3.8, 4) is 11.5 Å². The zero-order chi connectivity index (χ0) is 23.0. The van der Waals surface area contributed by atoms with Crippen LogP contribution in [0.2, 0.25) is 0 Å². The number of aromatic nitrogens is 1. The third-order valence-electron chi connectivity index (χ3n) is 6.00. The molecule has 0 spiro atoms. The monoisotopic (exact) mass is 574 g/mol. The van der Waals surface area contributed by atoms with Gasteiger partial charge in [0.2, 0.25) is 5.89 Å². The van der Waals surface area contributed by atoms with E-state index in [1.165, 1.54) is 16.7 Å². The molecule has 1 aliphatic rings. The molecule has 7 nitrogen and oxygen atoms in total. The average Bonchev–Trinajstić information content (AvgIpc) is 3.31. The van der Waals surface area contributed by atoms with E-state index in [-0.39, 0.29) is 24.0 Å². The predicted molar refractivity (Wildman–Crippen MR) is 148 cm³/mol. The van der Waals surface area contributed by atoms with Gasteiger partial charge in [0.15, 0.2) is 5.96 Å². The second kappa shape index (κ2) is 12.9. The Morgan fingerprint density at radius 3 is 2.26 bits per heavy atom. The Balaban J connectivity index is 0.00000324. The molecule has 0 atom stereocenters. The van der Waals surface area contributed by atoms with E-state index in [1.54, 1.807) is 13.3 Å². The van der Waals surface area contributed by atoms with Crippen molar-refractivity contribution < 1.29 is 4.42 Å². The van der Waals surface area contributed by atoms with Crippen LogP contribution >= 0.6 is 24.0 Å². The van der Waals surface area contributed by atoms with Crippen LogP contribution < -0.4 is 10.6 Å². The second-order valence-electron chi connectivity index (χ2n) is 8.69. The molecule has 0 radical (unpaired) electrons. The van der Waals surface area contributed by atoms with Crippen LogP contribution in [0.5, 0.6) is 0 Å². The number of piperazine rings is 1. The van der Waals surface area contributed by atoms with Crippen molar-refractivity contribution in [2.75, 3.05) is 40.3 Å². The molecule has 3 aromatic rings. The van der Waals surface area contributed by atoms with E-state index in [9.17, 15) is 0 Å². The number of aryl methyl sites for hydroxylation is 1. The zero-order valence-corrected chi connectivity index (χ0v) is 22.6. The average molecular weight is 575 g/mol. The molecule has 1 aromatic heterocycles. The number of hydrogen-bond donors (Lipinski definition) is 2. The third-order valence-corrected chi connectivity index (χ3v) is 6.00. The van der Waals surface area contributed by atoms with Gasteiger partial charge in [0.1, 0.15) is 6.26 Å². The number of aliphatic imine (C=N–C) groups is 1. The number of rotatable bonds is 7. The summed E-state index contributed by atoms with van der Waals surface area (Å²) >= 11 is 0. The normalized spacial score (nSPS) is 15.1. The summed E-state index contributed by atoms with van der Waals surface area (Å²) in [5.74, 6) is 1.36. The lowest BCUT2D eigenvalue weighted by Gasteiger charge is -2.32. The van der Waals surface area contributed by atoms with Gasteiger partial charge in [-0.2, -0.15) is 0 Å². The molecule has 4 rings (SSSR count). The SMILES string of the molecule is CN=C(NCc1ccc(CN2CCN(C)CC2)cc1)NCc1coc(-c2ccc(C)cc2)n1.I. The summed E-state index contributed by atoms with van der Waals surface area (Å²) in [5.41, 5.74) is 5.61. The fourth-order valence-corrected chi connectivity index (χ4v) is 3.82. The Kier molecular flexibility index (Phi) is 9.91. The molecule has 0 aliphatic carbocycles. The van der Waals surface area contributed by atoms with Gasteiger partial charge in [0.25, 0.3) is 0 Å². The van der Waals surface area contributed by atoms with Crippen LogP contribution in [-0.4, -0.2) is 61.0 Å². The van der Waals surface area contributed by atoms with Crippen molar-refractivity contribution in [3.05, 3.63) is 77.2 Å². The summed E-state index contributed by atoms with van der Waals surface area (Å²) < 4.78 is 5.64. The highest BCUT2D eigenvalue weighted by atomic mass is 127. The van der Waals surface area contributed by atoms with E-state index in [2.05, 4.69) is 80.8 Å². The lowest BCUT2D eigenvalue weighted by atomic mass is 10.1. The first-order valence-electron chi connectivity index (χ1n) is 11.5. The van der Waals surface area contributed by atoms with Crippen molar-refractivity contribution >= 4 is 29.9 Å². The summed E-state index contributed by atoms with van der Waals surface area (Å²) in [6.45, 7) is 8.91. The van der Waals surface area contributed by atoms with Crippen LogP contribution in [0.25, 0.3) is 11.5 Å². The quantitative estimate of drug-likeness (QED) is 0.254. The van der Waals surface area contributed by atoms with Crippen molar-refractivity contribution in [2.24, 2.45) is 4.99 Å². The zero-order valence-electron chi connectivity index (χ0n) is 20.3. The third kappa shape index (κ3) is 7.54. The van der Waals surface area contributed by atoms with E-state index in [0.29, 0.717) is 19.0 Å². The summed E-state index contributed by atoms with van der Waals surface area (Å²) in [7, 11) is 3.96. The molecule has 182 valence electrons. The number of guanidine groups is 1. The van der Waals surface area contributed by atoms with E-state index in [0.717, 1.165) is 49.9 Å². The van der Waals surface area contributed by atoms with Crippen LogP contribution in [0.3, 0.4) is 0 Å². The Morgan fingerprint density at radius 2 is 1.59 bits per heavy atom. The van der Waals surface area contributed by atoms with Gasteiger partial charge in [-0.15, -0.1) is 24.0 Å². The highest BCUT2D eigenvalue weighted by Crippen LogP contribution is 2.19. The standard InChI is InChI=1S/C26H34N6O.HI/c1-20-4-10-23(11-5-20)25-30-24(19-33-25)17-29-26(27-2)28-16-21-6-8-22(9-7-21)18-32-14-12-31(3)13-15-32;/h4-11,19H,12-18H2,1-3H3,(H2,27,28,29);1H. The fourth-order valence-electron chi connectivity index (χ4n) is 3.82. The second-order valence-corrected chi connectivity index (χ2v) is 8.69. The molecular weight excluding hydrogens is 539 g/mol. The number of benzene rings is 2. The van der Waals surface area contributed by atoms with Gasteiger partial charge in [-0.1, -0.05) is 42.0 Å². The molecule has 8 heteroatoms. The minimum absolute atomic E-state index is 0. The van der Waals surface area contributed by atoms with Gasteiger partial charge in [-0.25, -0.2) is 4.98 Å². The lowest BCUT2D eigenvalue weighted by molar-refractivity contribution is 0.148. The number of nitrogens with one attached hydrogen (secondary N) is 2. The predicted octanol–water partition coefficient (Wildman–Crippen LogP) is 3.88. The highest BCUT2D eigenvalue weighted by Gasteiger charge is 2.13. The summed E-state index contributed by atoms with van der Waals surface area (Å²) in [4.78, 5) is 13.8. The van der Waals surface area contributed by atoms with Crippen molar-refractivity contribution in [2.45, 2.75) is 26.6 Å². The van der Waals surface area contributed by atoms with E-state index in [4.69, 9.17) is 4.42 Å². The summed E-state index contributed by atoms with van der Waals surface area (Å²) in [5, 5.41) is 6.68. The minimum Gasteiger partial charge on any atom is -0.444 e. The molecule has 2 N–H and O–H groups in total. The van der Waals surface area contributed by atoms with E-state index in [1.807, 2.05) is 12.1 Å². The molecular formula is C26H35IN6O. The molecule has 1 saturated heterocycles. The number of oxazole rings is 1. The lowest BCUT2D eigenvalue weighted by Crippen LogP contribution is -2.43. The van der Waals surface area contributed by atoms with Gasteiger partial charge in [0.05, 0.1) is 12.2 Å². The smallest absolute Gasteiger partial charge is 0.226 e. The van der Waals surface area contributed by atoms with E-state index >= 15 is 0 Å². The fraction of sp³-hybridized carbons (Fsp3) is 0.385. The Bertz CT molecular complexity index is 1040. The molecule has 0 saturated carbocycles. The van der Waals surface area contributed by atoms with Crippen molar-refractivity contribution in [3.63, 3.8) is 0 Å². The molecule has 1 aliphatic heterocycles. The van der Waals surface area contributed by atoms with Gasteiger partial charge in [-0.05, 0) is 37.2 Å². The number of halogens is 1. The molecule has 1 fully saturated rings. The Labute approximate surface area is 219 Å². The number of likely N-dealkylation sites (N-methyl/N-ethyl adjacent to an activating group) is 1. The number of hydrogen-bond acceptors (Lipinski definition) is 5. The molecule has 2 heterocycles. The maximum Gasteiger partial charge on any atom is 0.226 e. The Morgan fingerprint density at radius 1 is 0.941 bits per heavy atom. The van der Waals surface area contributed by atoms with Crippen LogP contribution in [0.1, 0.15) is 22.4 Å². The van der Waals surface area contributed by atoms with Crippen LogP contribution in [0.15, 0.2) is 64.2 Å². The molecule has 0 bridgehead atoms. The van der Waals surface area contributed by atoms with Gasteiger partial charge >= 0.3 is 0 Å². The molecule has 34 heavy (non-hydrogen) atoms. The van der Waals surface area contributed by atoms with Crippen molar-refractivity contribution in [1.82, 2.24) is 25.4 Å². The topological polar surface area (TPSA) is 68.9 Å². The van der Waals surface area contributed by atoms with Gasteiger partial charge < -0.3 is 20.0 Å². The minimum atomic E-state index is 0. The molecule has 0 amide bonds. The van der Waals surface area contributed by atoms with Crippen molar-refractivity contribution in [1.29, 1.82) is 0 Å². The molecule has 2 aromatic carbocycles. The maximum absolute atomic E-state index is 5.64. The largest absolute Gasteiger partial charge is 0.444 e. The first-order valence-corrected chi connectivity index (χ1v) is 11.5. The summed E-state index contributed by atoms with van der Waals surface area (Å²) in [6, 6.07) is 17.0. The first kappa shape index (κ1) is 26.2. The van der Waals surface area contributed by atoms with Gasteiger partial charge in [-0.3, -0.25) is 9.89 Å². The number of nitrogens with zero attached hydrogens (tertiary/aromatic N) is 4. The van der Waals surface area contributed by atoms with Crippen LogP contribution in [0, 0.1) is 6.92 Å². The summed E-state index contributed by atoms with van der Waals surface area (Å²) in [6.07, 6.45) is 1.69. The van der Waals surface area contributed by atoms with Gasteiger partial charge in [0, 0.05) is 51.9 Å². The van der Waals surface area contributed by atoms with Crippen LogP contribution in [0.4, 0.5) is 0 Å². The highest BCUT2D eigenvalue weighted by molar-refractivity contribution is 14.0. The molecule has 0 unspecified atom stereocenters.